The van der Waals surface area contributed by atoms with Crippen LogP contribution in [-0.2, 0) is 7.05 Å². The summed E-state index contributed by atoms with van der Waals surface area (Å²) < 4.78 is 2.08. The molecular weight excluding hydrogens is 246 g/mol. The van der Waals surface area contributed by atoms with Crippen LogP contribution in [0.2, 0.25) is 0 Å². The molecule has 0 aliphatic rings. The number of anilines is 2. The molecule has 20 heavy (non-hydrogen) atoms. The molecule has 2 aromatic carbocycles. The highest BCUT2D eigenvalue weighted by Crippen LogP contribution is 2.23. The van der Waals surface area contributed by atoms with Crippen LogP contribution in [0.5, 0.6) is 0 Å². The van der Waals surface area contributed by atoms with Gasteiger partial charge in [0.25, 0.3) is 0 Å². The molecule has 102 valence electrons. The van der Waals surface area contributed by atoms with E-state index in [2.05, 4.69) is 59.0 Å². The second kappa shape index (κ2) is 5.00. The molecule has 1 N–H and O–H groups in total. The van der Waals surface area contributed by atoms with E-state index in [-0.39, 0.29) is 0 Å². The van der Waals surface area contributed by atoms with Crippen LogP contribution in [0.3, 0.4) is 0 Å². The number of aromatic nitrogens is 2. The Bertz CT molecular complexity index is 724. The van der Waals surface area contributed by atoms with E-state index >= 15 is 0 Å². The molecule has 3 nitrogen and oxygen atoms in total. The van der Waals surface area contributed by atoms with Crippen molar-refractivity contribution in [2.45, 2.75) is 19.8 Å². The normalized spacial score (nSPS) is 11.2. The van der Waals surface area contributed by atoms with Crippen LogP contribution in [0, 0.1) is 0 Å². The van der Waals surface area contributed by atoms with Crippen LogP contribution in [-0.4, -0.2) is 9.55 Å². The lowest BCUT2D eigenvalue weighted by molar-refractivity contribution is 0.867. The van der Waals surface area contributed by atoms with Gasteiger partial charge in [-0.1, -0.05) is 38.1 Å². The highest BCUT2D eigenvalue weighted by molar-refractivity contribution is 5.79. The van der Waals surface area contributed by atoms with Crippen LogP contribution in [0.15, 0.2) is 48.5 Å². The van der Waals surface area contributed by atoms with Gasteiger partial charge < -0.3 is 9.88 Å². The minimum Gasteiger partial charge on any atom is -0.326 e. The summed E-state index contributed by atoms with van der Waals surface area (Å²) in [5, 5.41) is 3.38. The number of fused-ring (bicyclic) bond motifs is 1. The molecule has 0 fully saturated rings. The zero-order valence-electron chi connectivity index (χ0n) is 12.1. The molecule has 0 saturated carbocycles. The zero-order valence-corrected chi connectivity index (χ0v) is 12.1. The fourth-order valence-electron chi connectivity index (χ4n) is 2.34. The number of hydrogen-bond acceptors (Lipinski definition) is 2. The van der Waals surface area contributed by atoms with Gasteiger partial charge in [0.2, 0.25) is 5.95 Å². The first-order valence-electron chi connectivity index (χ1n) is 6.93. The van der Waals surface area contributed by atoms with E-state index < -0.39 is 0 Å². The Morgan fingerprint density at radius 3 is 2.35 bits per heavy atom. The van der Waals surface area contributed by atoms with Crippen molar-refractivity contribution >= 4 is 22.7 Å². The average molecular weight is 265 g/mol. The molecule has 3 aromatic rings. The van der Waals surface area contributed by atoms with Crippen LogP contribution in [0.1, 0.15) is 25.3 Å². The smallest absolute Gasteiger partial charge is 0.208 e. The van der Waals surface area contributed by atoms with E-state index in [0.717, 1.165) is 22.7 Å². The van der Waals surface area contributed by atoms with Gasteiger partial charge in [0.05, 0.1) is 11.0 Å². The van der Waals surface area contributed by atoms with E-state index in [1.165, 1.54) is 5.56 Å². The van der Waals surface area contributed by atoms with Crippen molar-refractivity contribution in [2.24, 2.45) is 7.05 Å². The zero-order chi connectivity index (χ0) is 14.1. The third-order valence-corrected chi connectivity index (χ3v) is 3.62. The van der Waals surface area contributed by atoms with Crippen molar-refractivity contribution in [3.05, 3.63) is 54.1 Å². The number of benzene rings is 2. The predicted molar refractivity (Wildman–Crippen MR) is 84.5 cm³/mol. The van der Waals surface area contributed by atoms with Gasteiger partial charge in [0, 0.05) is 12.7 Å². The summed E-state index contributed by atoms with van der Waals surface area (Å²) >= 11 is 0. The summed E-state index contributed by atoms with van der Waals surface area (Å²) in [5.41, 5.74) is 4.55. The molecule has 0 saturated heterocycles. The summed E-state index contributed by atoms with van der Waals surface area (Å²) in [6, 6.07) is 16.7. The Hall–Kier alpha value is -2.29. The molecule has 0 atom stereocenters. The summed E-state index contributed by atoms with van der Waals surface area (Å²) in [6.07, 6.45) is 0. The molecule has 0 aliphatic carbocycles. The second-order valence-electron chi connectivity index (χ2n) is 5.38. The quantitative estimate of drug-likeness (QED) is 0.758. The average Bonchev–Trinajstić information content (AvgIpc) is 2.77. The molecule has 1 heterocycles. The number of imidazole rings is 1. The van der Waals surface area contributed by atoms with Crippen molar-refractivity contribution in [3.8, 4) is 0 Å². The fraction of sp³-hybridized carbons (Fsp3) is 0.235. The van der Waals surface area contributed by atoms with Crippen molar-refractivity contribution in [2.75, 3.05) is 5.32 Å². The van der Waals surface area contributed by atoms with Gasteiger partial charge in [0.15, 0.2) is 0 Å². The monoisotopic (exact) mass is 265 g/mol. The first-order valence-corrected chi connectivity index (χ1v) is 6.93. The third kappa shape index (κ3) is 2.27. The van der Waals surface area contributed by atoms with Crippen molar-refractivity contribution in [1.82, 2.24) is 9.55 Å². The lowest BCUT2D eigenvalue weighted by Crippen LogP contribution is -1.99. The maximum Gasteiger partial charge on any atom is 0.208 e. The first kappa shape index (κ1) is 12.7. The maximum atomic E-state index is 4.62. The van der Waals surface area contributed by atoms with Crippen molar-refractivity contribution in [1.29, 1.82) is 0 Å². The Morgan fingerprint density at radius 2 is 1.70 bits per heavy atom. The summed E-state index contributed by atoms with van der Waals surface area (Å²) in [5.74, 6) is 1.42. The maximum absolute atomic E-state index is 4.62. The molecule has 0 radical (unpaired) electrons. The van der Waals surface area contributed by atoms with E-state index in [4.69, 9.17) is 0 Å². The Morgan fingerprint density at radius 1 is 1.00 bits per heavy atom. The molecule has 0 bridgehead atoms. The van der Waals surface area contributed by atoms with Gasteiger partial charge in [-0.05, 0) is 35.7 Å². The summed E-state index contributed by atoms with van der Waals surface area (Å²) in [6.45, 7) is 4.40. The van der Waals surface area contributed by atoms with Gasteiger partial charge in [-0.2, -0.15) is 0 Å². The van der Waals surface area contributed by atoms with E-state index in [1.807, 2.05) is 25.2 Å². The largest absolute Gasteiger partial charge is 0.326 e. The Kier molecular flexibility index (Phi) is 3.18. The van der Waals surface area contributed by atoms with Crippen LogP contribution < -0.4 is 5.32 Å². The SMILES string of the molecule is CC(C)c1ccc(Nc2nc3ccccc3n2C)cc1. The minimum absolute atomic E-state index is 0.555. The molecule has 0 spiro atoms. The predicted octanol–water partition coefficient (Wildman–Crippen LogP) is 4.44. The first-order chi connectivity index (χ1) is 9.65. The van der Waals surface area contributed by atoms with Gasteiger partial charge in [0.1, 0.15) is 0 Å². The van der Waals surface area contributed by atoms with Crippen molar-refractivity contribution in [3.63, 3.8) is 0 Å². The molecular formula is C17H19N3. The molecule has 0 aliphatic heterocycles. The lowest BCUT2D eigenvalue weighted by atomic mass is 10.0. The fourth-order valence-corrected chi connectivity index (χ4v) is 2.34. The van der Waals surface area contributed by atoms with Crippen LogP contribution in [0.25, 0.3) is 11.0 Å². The highest BCUT2D eigenvalue weighted by Gasteiger charge is 2.07. The number of aryl methyl sites for hydroxylation is 1. The number of hydrogen-bond donors (Lipinski definition) is 1. The minimum atomic E-state index is 0.555. The topological polar surface area (TPSA) is 29.9 Å². The lowest BCUT2D eigenvalue weighted by Gasteiger charge is -2.09. The molecule has 0 unspecified atom stereocenters. The molecule has 0 amide bonds. The molecule has 3 heteroatoms. The van der Waals surface area contributed by atoms with E-state index in [0.29, 0.717) is 5.92 Å². The van der Waals surface area contributed by atoms with Gasteiger partial charge in [-0.25, -0.2) is 4.98 Å². The summed E-state index contributed by atoms with van der Waals surface area (Å²) in [7, 11) is 2.03. The van der Waals surface area contributed by atoms with E-state index in [1.54, 1.807) is 0 Å². The Balaban J connectivity index is 1.91. The van der Waals surface area contributed by atoms with Crippen LogP contribution >= 0.6 is 0 Å². The summed E-state index contributed by atoms with van der Waals surface area (Å²) in [4.78, 5) is 4.62. The number of nitrogens with zero attached hydrogens (tertiary/aromatic N) is 2. The van der Waals surface area contributed by atoms with Gasteiger partial charge in [-0.3, -0.25) is 0 Å². The molecule has 3 rings (SSSR count). The van der Waals surface area contributed by atoms with Gasteiger partial charge >= 0.3 is 0 Å². The molecule has 1 aromatic heterocycles. The Labute approximate surface area is 119 Å². The standard InChI is InChI=1S/C17H19N3/c1-12(2)13-8-10-14(11-9-13)18-17-19-15-6-4-5-7-16(15)20(17)3/h4-12H,1-3H3,(H,18,19). The van der Waals surface area contributed by atoms with Crippen LogP contribution in [0.4, 0.5) is 11.6 Å². The highest BCUT2D eigenvalue weighted by atomic mass is 15.2. The number of para-hydroxylation sites is 2. The second-order valence-corrected chi connectivity index (χ2v) is 5.38. The van der Waals surface area contributed by atoms with Gasteiger partial charge in [-0.15, -0.1) is 0 Å². The third-order valence-electron chi connectivity index (χ3n) is 3.62. The number of rotatable bonds is 3. The number of nitrogens with one attached hydrogen (secondary N) is 1. The van der Waals surface area contributed by atoms with Crippen molar-refractivity contribution < 1.29 is 0 Å². The van der Waals surface area contributed by atoms with E-state index in [9.17, 15) is 0 Å².